The zero-order valence-corrected chi connectivity index (χ0v) is 20.7. The van der Waals surface area contributed by atoms with Crippen LogP contribution in [0.3, 0.4) is 0 Å². The van der Waals surface area contributed by atoms with Gasteiger partial charge in [-0.1, -0.05) is 69.5 Å². The molecule has 0 spiro atoms. The molecule has 0 radical (unpaired) electrons. The lowest BCUT2D eigenvalue weighted by atomic mass is 9.90. The first-order valence-corrected chi connectivity index (χ1v) is 12.5. The van der Waals surface area contributed by atoms with Gasteiger partial charge >= 0.3 is 6.03 Å². The lowest BCUT2D eigenvalue weighted by molar-refractivity contribution is -0.141. The van der Waals surface area contributed by atoms with E-state index in [0.29, 0.717) is 18.0 Å². The number of nitrogens with zero attached hydrogens (tertiary/aromatic N) is 2. The number of carbonyl (C=O) groups is 3. The number of amides is 4. The summed E-state index contributed by atoms with van der Waals surface area (Å²) in [5, 5.41) is 2.80. The Morgan fingerprint density at radius 3 is 2.29 bits per heavy atom. The number of benzene rings is 2. The molecule has 35 heavy (non-hydrogen) atoms. The van der Waals surface area contributed by atoms with Gasteiger partial charge in [-0.05, 0) is 54.5 Å². The Hall–Kier alpha value is -3.22. The third kappa shape index (κ3) is 5.24. The lowest BCUT2D eigenvalue weighted by Crippen LogP contribution is -2.48. The Kier molecular flexibility index (Phi) is 7.24. The Labute approximate surface area is 206 Å². The summed E-state index contributed by atoms with van der Waals surface area (Å²) in [4.78, 5) is 42.6. The molecule has 2 fully saturated rings. The molecule has 1 heterocycles. The largest absolute Gasteiger partial charge is 0.334 e. The van der Waals surface area contributed by atoms with Gasteiger partial charge in [0.15, 0.2) is 0 Å². The van der Waals surface area contributed by atoms with Gasteiger partial charge in [-0.25, -0.2) is 9.18 Å². The summed E-state index contributed by atoms with van der Waals surface area (Å²) in [5.74, 6) is -0.682. The molecule has 4 amide bonds. The molecule has 1 aliphatic heterocycles. The van der Waals surface area contributed by atoms with Crippen molar-refractivity contribution in [3.8, 4) is 0 Å². The first-order chi connectivity index (χ1) is 16.7. The quantitative estimate of drug-likeness (QED) is 0.563. The maximum atomic E-state index is 13.5. The first kappa shape index (κ1) is 24.9. The van der Waals surface area contributed by atoms with Gasteiger partial charge in [0.1, 0.15) is 17.9 Å². The second kappa shape index (κ2) is 10.2. The molecule has 1 N–H and O–H groups in total. The number of carbonyl (C=O) groups excluding carboxylic acids is 3. The molecule has 6 nitrogen and oxygen atoms in total. The summed E-state index contributed by atoms with van der Waals surface area (Å²) in [6, 6.07) is 13.2. The van der Waals surface area contributed by atoms with Crippen LogP contribution in [0.25, 0.3) is 0 Å². The highest BCUT2D eigenvalue weighted by Gasteiger charge is 2.50. The van der Waals surface area contributed by atoms with Crippen molar-refractivity contribution < 1.29 is 18.8 Å². The maximum Gasteiger partial charge on any atom is 0.325 e. The molecular weight excluding hydrogens is 445 g/mol. The van der Waals surface area contributed by atoms with Gasteiger partial charge in [0.25, 0.3) is 5.91 Å². The first-order valence-electron chi connectivity index (χ1n) is 12.5. The topological polar surface area (TPSA) is 69.7 Å². The molecule has 2 aromatic rings. The van der Waals surface area contributed by atoms with Crippen LogP contribution in [0.5, 0.6) is 0 Å². The van der Waals surface area contributed by atoms with Gasteiger partial charge in [0.05, 0.1) is 0 Å². The summed E-state index contributed by atoms with van der Waals surface area (Å²) < 4.78 is 13.4. The van der Waals surface area contributed by atoms with Gasteiger partial charge in [-0.15, -0.1) is 0 Å². The molecule has 1 aliphatic carbocycles. The van der Waals surface area contributed by atoms with E-state index in [2.05, 4.69) is 19.2 Å². The highest BCUT2D eigenvalue weighted by molar-refractivity contribution is 6.09. The highest BCUT2D eigenvalue weighted by Crippen LogP contribution is 2.31. The van der Waals surface area contributed by atoms with Crippen LogP contribution in [0.1, 0.15) is 75.5 Å². The van der Waals surface area contributed by atoms with E-state index >= 15 is 0 Å². The molecule has 2 aliphatic rings. The third-order valence-corrected chi connectivity index (χ3v) is 7.33. The molecule has 2 aromatic carbocycles. The Balaban J connectivity index is 1.53. The summed E-state index contributed by atoms with van der Waals surface area (Å²) >= 11 is 0. The van der Waals surface area contributed by atoms with E-state index in [1.165, 1.54) is 12.1 Å². The fraction of sp³-hybridized carbons (Fsp3) is 0.464. The molecule has 1 saturated heterocycles. The van der Waals surface area contributed by atoms with Crippen LogP contribution in [0.15, 0.2) is 48.5 Å². The Bertz CT molecular complexity index is 1080. The summed E-state index contributed by atoms with van der Waals surface area (Å²) in [6.07, 6.45) is 4.97. The molecule has 1 atom stereocenters. The van der Waals surface area contributed by atoms with Crippen LogP contribution in [0, 0.1) is 5.82 Å². The van der Waals surface area contributed by atoms with Gasteiger partial charge in [0, 0.05) is 12.6 Å². The van der Waals surface area contributed by atoms with Gasteiger partial charge in [-0.2, -0.15) is 0 Å². The number of nitrogens with one attached hydrogen (secondary N) is 1. The van der Waals surface area contributed by atoms with Gasteiger partial charge in [0.2, 0.25) is 5.91 Å². The summed E-state index contributed by atoms with van der Waals surface area (Å²) in [5.41, 5.74) is 1.42. The van der Waals surface area contributed by atoms with Crippen molar-refractivity contribution in [2.75, 3.05) is 6.54 Å². The molecular formula is C28H34FN3O3. The molecule has 0 aromatic heterocycles. The average molecular weight is 480 g/mol. The van der Waals surface area contributed by atoms with Gasteiger partial charge in [-0.3, -0.25) is 14.5 Å². The minimum atomic E-state index is -1.22. The normalized spacial score (nSPS) is 20.9. The molecule has 186 valence electrons. The van der Waals surface area contributed by atoms with E-state index in [-0.39, 0.29) is 24.3 Å². The predicted octanol–water partition coefficient (Wildman–Crippen LogP) is 5.08. The number of imide groups is 1. The Morgan fingerprint density at radius 1 is 1.06 bits per heavy atom. The van der Waals surface area contributed by atoms with E-state index in [1.54, 1.807) is 24.0 Å². The molecule has 0 bridgehead atoms. The van der Waals surface area contributed by atoms with Crippen molar-refractivity contribution in [3.63, 3.8) is 0 Å². The fourth-order valence-electron chi connectivity index (χ4n) is 5.06. The zero-order chi connectivity index (χ0) is 25.2. The number of hydrogen-bond acceptors (Lipinski definition) is 3. The molecule has 1 unspecified atom stereocenters. The van der Waals surface area contributed by atoms with Crippen molar-refractivity contribution in [2.24, 2.45) is 0 Å². The van der Waals surface area contributed by atoms with E-state index in [0.717, 1.165) is 48.1 Å². The Morgan fingerprint density at radius 2 is 1.69 bits per heavy atom. The number of urea groups is 1. The van der Waals surface area contributed by atoms with Crippen LogP contribution in [-0.4, -0.2) is 40.2 Å². The van der Waals surface area contributed by atoms with E-state index in [4.69, 9.17) is 0 Å². The standard InChI is InChI=1S/C28H34FN3O3/c1-19(2)21-11-13-22(14-12-21)28(3)26(34)32(27(35)30-28)18-25(33)31(24-7-5-4-6-8-24)17-20-9-15-23(29)16-10-20/h9-16,19,24H,4-8,17-18H2,1-3H3,(H,30,35). The fourth-order valence-corrected chi connectivity index (χ4v) is 5.06. The third-order valence-electron chi connectivity index (χ3n) is 7.33. The highest BCUT2D eigenvalue weighted by atomic mass is 19.1. The van der Waals surface area contributed by atoms with Crippen molar-refractivity contribution in [1.82, 2.24) is 15.1 Å². The van der Waals surface area contributed by atoms with Crippen LogP contribution in [-0.2, 0) is 21.7 Å². The predicted molar refractivity (Wildman–Crippen MR) is 132 cm³/mol. The summed E-state index contributed by atoms with van der Waals surface area (Å²) in [6.45, 7) is 5.87. The average Bonchev–Trinajstić information content (AvgIpc) is 3.08. The minimum absolute atomic E-state index is 0.0389. The van der Waals surface area contributed by atoms with Crippen molar-refractivity contribution in [1.29, 1.82) is 0 Å². The molecule has 7 heteroatoms. The van der Waals surface area contributed by atoms with Crippen LogP contribution >= 0.6 is 0 Å². The maximum absolute atomic E-state index is 13.5. The van der Waals surface area contributed by atoms with Crippen molar-refractivity contribution >= 4 is 17.8 Å². The molecule has 4 rings (SSSR count). The second-order valence-electron chi connectivity index (χ2n) is 10.2. The monoisotopic (exact) mass is 479 g/mol. The van der Waals surface area contributed by atoms with Crippen LogP contribution < -0.4 is 5.32 Å². The zero-order valence-electron chi connectivity index (χ0n) is 20.7. The van der Waals surface area contributed by atoms with Crippen LogP contribution in [0.4, 0.5) is 9.18 Å². The number of halogens is 1. The second-order valence-corrected chi connectivity index (χ2v) is 10.2. The number of hydrogen-bond donors (Lipinski definition) is 1. The van der Waals surface area contributed by atoms with Gasteiger partial charge < -0.3 is 10.2 Å². The minimum Gasteiger partial charge on any atom is -0.334 e. The number of rotatable bonds is 7. The van der Waals surface area contributed by atoms with Crippen molar-refractivity contribution in [2.45, 2.75) is 76.9 Å². The van der Waals surface area contributed by atoms with E-state index in [9.17, 15) is 18.8 Å². The molecule has 1 saturated carbocycles. The SMILES string of the molecule is CC(C)c1ccc(C2(C)NC(=O)N(CC(=O)N(Cc3ccc(F)cc3)C3CCCCC3)C2=O)cc1. The smallest absolute Gasteiger partial charge is 0.325 e. The summed E-state index contributed by atoms with van der Waals surface area (Å²) in [7, 11) is 0. The van der Waals surface area contributed by atoms with Crippen LogP contribution in [0.2, 0.25) is 0 Å². The van der Waals surface area contributed by atoms with E-state index < -0.39 is 17.5 Å². The van der Waals surface area contributed by atoms with Crippen molar-refractivity contribution in [3.05, 3.63) is 71.0 Å². The van der Waals surface area contributed by atoms with E-state index in [1.807, 2.05) is 24.3 Å². The lowest BCUT2D eigenvalue weighted by Gasteiger charge is -2.35.